The van der Waals surface area contributed by atoms with Crippen molar-refractivity contribution < 1.29 is 14.7 Å². The largest absolute Gasteiger partial charge is 3.00 e. The van der Waals surface area contributed by atoms with Crippen molar-refractivity contribution in [3.63, 3.8) is 0 Å². The Morgan fingerprint density at radius 1 is 1.00 bits per heavy atom. The Morgan fingerprint density at radius 2 is 1.00 bits per heavy atom. The van der Waals surface area contributed by atoms with Crippen molar-refractivity contribution in [1.82, 2.24) is 0 Å². The van der Waals surface area contributed by atoms with Gasteiger partial charge < -0.3 is 23.3 Å². The van der Waals surface area contributed by atoms with Crippen molar-refractivity contribution in [2.45, 2.75) is 0 Å². The Hall–Kier alpha value is 0.853. The standard InChI is InChI=1S/Ge.O3P/c;1-4(2)3/q+3;-3. The van der Waals surface area contributed by atoms with Crippen LogP contribution in [0.15, 0.2) is 0 Å². The maximum atomic E-state index is 8.48. The van der Waals surface area contributed by atoms with Gasteiger partial charge >= 0.3 is 17.6 Å². The molecule has 3 nitrogen and oxygen atoms in total. The van der Waals surface area contributed by atoms with Gasteiger partial charge in [-0.25, -0.2) is 0 Å². The summed E-state index contributed by atoms with van der Waals surface area (Å²) < 4.78 is 0. The van der Waals surface area contributed by atoms with Crippen LogP contribution in [0.2, 0.25) is 0 Å². The van der Waals surface area contributed by atoms with Crippen molar-refractivity contribution in [2.75, 3.05) is 0 Å². The van der Waals surface area contributed by atoms with E-state index in [1.807, 2.05) is 0 Å². The van der Waals surface area contributed by atoms with Crippen LogP contribution in [0.3, 0.4) is 0 Å². The van der Waals surface area contributed by atoms with E-state index in [2.05, 4.69) is 0 Å². The van der Waals surface area contributed by atoms with Gasteiger partial charge in [0, 0.05) is 0 Å². The molecule has 0 aromatic rings. The van der Waals surface area contributed by atoms with Crippen LogP contribution in [0.4, 0.5) is 0 Å². The summed E-state index contributed by atoms with van der Waals surface area (Å²) in [7, 11) is -3.37. The van der Waals surface area contributed by atoms with E-state index >= 15 is 0 Å². The van der Waals surface area contributed by atoms with E-state index in [4.69, 9.17) is 14.7 Å². The summed E-state index contributed by atoms with van der Waals surface area (Å²) >= 11 is 0. The maximum absolute atomic E-state index is 8.48. The first kappa shape index (κ1) is 9.29. The van der Waals surface area contributed by atoms with Crippen molar-refractivity contribution in [3.8, 4) is 0 Å². The molecule has 0 heterocycles. The van der Waals surface area contributed by atoms with Gasteiger partial charge in [0.15, 0.2) is 0 Å². The van der Waals surface area contributed by atoms with Crippen LogP contribution in [0, 0.1) is 0 Å². The van der Waals surface area contributed by atoms with Crippen LogP contribution in [-0.2, 0) is 0 Å². The molecule has 0 unspecified atom stereocenters. The molecule has 0 N–H and O–H groups in total. The van der Waals surface area contributed by atoms with E-state index in [0.717, 1.165) is 0 Å². The molecule has 0 amide bonds. The Labute approximate surface area is 41.6 Å². The van der Waals surface area contributed by atoms with Crippen molar-refractivity contribution >= 4 is 26.2 Å². The first-order valence-electron chi connectivity index (χ1n) is 0.548. The molecule has 5 heavy (non-hydrogen) atoms. The molecule has 0 spiro atoms. The zero-order chi connectivity index (χ0) is 3.58. The molecule has 0 aromatic heterocycles. The third kappa shape index (κ3) is 54.3. The summed E-state index contributed by atoms with van der Waals surface area (Å²) in [6.45, 7) is 0. The second kappa shape index (κ2) is 4.85. The molecule has 0 fully saturated rings. The fourth-order valence-corrected chi connectivity index (χ4v) is 0. The van der Waals surface area contributed by atoms with E-state index in [0.29, 0.717) is 0 Å². The first-order chi connectivity index (χ1) is 1.73. The van der Waals surface area contributed by atoms with E-state index < -0.39 is 8.60 Å². The smallest absolute Gasteiger partial charge is 0.854 e. The normalized spacial score (nSPS) is 7.20. The summed E-state index contributed by atoms with van der Waals surface area (Å²) in [6.07, 6.45) is 0. The molecule has 0 saturated heterocycles. The molecular weight excluding hydrogens is 152 g/mol. The molecule has 5 heteroatoms. The average molecular weight is 152 g/mol. The van der Waals surface area contributed by atoms with Gasteiger partial charge in [-0.05, 0) is 0 Å². The quantitative estimate of drug-likeness (QED) is 0.272. The molecule has 27 valence electrons. The summed E-state index contributed by atoms with van der Waals surface area (Å²) in [5.41, 5.74) is 0. The van der Waals surface area contributed by atoms with Crippen molar-refractivity contribution in [3.05, 3.63) is 0 Å². The first-order valence-corrected chi connectivity index (χ1v) is 1.64. The van der Waals surface area contributed by atoms with Crippen LogP contribution in [0.25, 0.3) is 0 Å². The molecule has 0 rings (SSSR count). The topological polar surface area (TPSA) is 69.2 Å². The van der Waals surface area contributed by atoms with Crippen molar-refractivity contribution in [1.29, 1.82) is 0 Å². The van der Waals surface area contributed by atoms with Gasteiger partial charge in [-0.2, -0.15) is 0 Å². The average Bonchev–Trinajstić information content (AvgIpc) is 0.811. The molecule has 0 saturated carbocycles. The summed E-state index contributed by atoms with van der Waals surface area (Å²) in [4.78, 5) is 25.4. The number of hydrogen-bond donors (Lipinski definition) is 0. The fraction of sp³-hybridized carbons (Fsp3) is 0. The SMILES string of the molecule is [Ge+3].[O-]P([O-])[O-]. The molecule has 0 bridgehead atoms. The Morgan fingerprint density at radius 3 is 1.00 bits per heavy atom. The Balaban J connectivity index is 0. The van der Waals surface area contributed by atoms with Gasteiger partial charge in [0.05, 0.1) is 0 Å². The van der Waals surface area contributed by atoms with Gasteiger partial charge in [0.2, 0.25) is 0 Å². The third-order valence-corrected chi connectivity index (χ3v) is 0. The number of hydrogen-bond acceptors (Lipinski definition) is 3. The van der Waals surface area contributed by atoms with Crippen LogP contribution >= 0.6 is 8.60 Å². The molecule has 0 aliphatic rings. The van der Waals surface area contributed by atoms with Gasteiger partial charge in [0.25, 0.3) is 0 Å². The predicted molar refractivity (Wildman–Crippen MR) is 12.7 cm³/mol. The van der Waals surface area contributed by atoms with E-state index in [-0.39, 0.29) is 17.6 Å². The summed E-state index contributed by atoms with van der Waals surface area (Å²) in [5.74, 6) is 0. The minimum atomic E-state index is -3.37. The second-order valence-corrected chi connectivity index (χ2v) is 0.671. The molecule has 0 aliphatic heterocycles. The molecule has 0 aliphatic carbocycles. The van der Waals surface area contributed by atoms with Gasteiger partial charge in [-0.15, -0.1) is 0 Å². The van der Waals surface area contributed by atoms with Crippen LogP contribution in [-0.4, -0.2) is 17.6 Å². The molecule has 0 aromatic carbocycles. The fourth-order valence-electron chi connectivity index (χ4n) is 0. The predicted octanol–water partition coefficient (Wildman–Crippen LogP) is -3.09. The zero-order valence-electron chi connectivity index (χ0n) is 2.17. The monoisotopic (exact) mass is 153 g/mol. The van der Waals surface area contributed by atoms with Crippen LogP contribution in [0.5, 0.6) is 0 Å². The summed E-state index contributed by atoms with van der Waals surface area (Å²) in [5, 5.41) is 0. The minimum Gasteiger partial charge on any atom is -0.854 e. The minimum absolute atomic E-state index is 0. The maximum Gasteiger partial charge on any atom is 3.00 e. The van der Waals surface area contributed by atoms with E-state index in [1.54, 1.807) is 0 Å². The second-order valence-electron chi connectivity index (χ2n) is 0.224. The van der Waals surface area contributed by atoms with Crippen LogP contribution < -0.4 is 14.7 Å². The van der Waals surface area contributed by atoms with Gasteiger partial charge in [-0.1, -0.05) is 0 Å². The molecule has 1 radical (unpaired) electrons. The van der Waals surface area contributed by atoms with E-state index in [9.17, 15) is 0 Å². The van der Waals surface area contributed by atoms with Crippen molar-refractivity contribution in [2.24, 2.45) is 0 Å². The Bertz CT molecular complexity index is 11.6. The van der Waals surface area contributed by atoms with Gasteiger partial charge in [-0.3, -0.25) is 0 Å². The van der Waals surface area contributed by atoms with Crippen LogP contribution in [0.1, 0.15) is 0 Å². The van der Waals surface area contributed by atoms with E-state index in [1.165, 1.54) is 0 Å². The molecule has 0 atom stereocenters. The van der Waals surface area contributed by atoms with Gasteiger partial charge in [0.1, 0.15) is 0 Å². The summed E-state index contributed by atoms with van der Waals surface area (Å²) in [6, 6.07) is 0. The number of rotatable bonds is 0. The zero-order valence-corrected chi connectivity index (χ0v) is 5.16. The molecular formula is GeO3P. The third-order valence-electron chi connectivity index (χ3n) is 0. The Kier molecular flexibility index (Phi) is 9.01.